The number of nitrogens with one attached hydrogen (secondary N) is 2. The zero-order valence-electron chi connectivity index (χ0n) is 14.3. The van der Waals surface area contributed by atoms with E-state index in [0.29, 0.717) is 28.0 Å². The summed E-state index contributed by atoms with van der Waals surface area (Å²) in [5.74, 6) is 0.578. The van der Waals surface area contributed by atoms with Gasteiger partial charge in [0.2, 0.25) is 5.95 Å². The van der Waals surface area contributed by atoms with Gasteiger partial charge in [0.05, 0.1) is 18.4 Å². The van der Waals surface area contributed by atoms with Crippen molar-refractivity contribution in [2.24, 2.45) is 0 Å². The zero-order valence-corrected chi connectivity index (χ0v) is 15.0. The minimum atomic E-state index is -0.418. The number of rotatable bonds is 5. The molecule has 0 spiro atoms. The summed E-state index contributed by atoms with van der Waals surface area (Å²) in [5.41, 5.74) is 2.63. The summed E-state index contributed by atoms with van der Waals surface area (Å²) in [6, 6.07) is 16.1. The maximum atomic E-state index is 11.9. The fourth-order valence-electron chi connectivity index (χ4n) is 2.37. The molecule has 0 aliphatic rings. The molecule has 0 bridgehead atoms. The second kappa shape index (κ2) is 7.84. The van der Waals surface area contributed by atoms with Gasteiger partial charge in [0.15, 0.2) is 0 Å². The van der Waals surface area contributed by atoms with E-state index in [0.717, 1.165) is 11.4 Å². The lowest BCUT2D eigenvalue weighted by Gasteiger charge is -2.12. The largest absolute Gasteiger partial charge is 0.465 e. The van der Waals surface area contributed by atoms with E-state index in [1.807, 2.05) is 25.1 Å². The van der Waals surface area contributed by atoms with Crippen LogP contribution in [0.3, 0.4) is 0 Å². The predicted molar refractivity (Wildman–Crippen MR) is 103 cm³/mol. The number of aromatic nitrogens is 2. The molecule has 1 heterocycles. The van der Waals surface area contributed by atoms with Crippen LogP contribution in [0.5, 0.6) is 0 Å². The molecular weight excluding hydrogens is 352 g/mol. The number of carbonyl (C=O) groups excluding carboxylic acids is 1. The Kier molecular flexibility index (Phi) is 5.34. The van der Waals surface area contributed by atoms with Gasteiger partial charge in [-0.1, -0.05) is 23.7 Å². The molecular formula is C19H17ClN4O2. The number of hydrogen-bond acceptors (Lipinski definition) is 6. The van der Waals surface area contributed by atoms with Gasteiger partial charge in [0.25, 0.3) is 0 Å². The molecule has 0 saturated heterocycles. The van der Waals surface area contributed by atoms with Crippen LogP contribution < -0.4 is 10.6 Å². The van der Waals surface area contributed by atoms with Crippen LogP contribution in [0.1, 0.15) is 16.1 Å². The molecule has 26 heavy (non-hydrogen) atoms. The lowest BCUT2D eigenvalue weighted by molar-refractivity contribution is 0.0602. The first-order chi connectivity index (χ1) is 12.5. The van der Waals surface area contributed by atoms with Gasteiger partial charge < -0.3 is 15.4 Å². The van der Waals surface area contributed by atoms with Crippen molar-refractivity contribution < 1.29 is 9.53 Å². The van der Waals surface area contributed by atoms with Crippen molar-refractivity contribution in [2.45, 2.75) is 6.92 Å². The van der Waals surface area contributed by atoms with E-state index < -0.39 is 5.97 Å². The lowest BCUT2D eigenvalue weighted by Crippen LogP contribution is -2.07. The Morgan fingerprint density at radius 2 is 1.77 bits per heavy atom. The van der Waals surface area contributed by atoms with Crippen LogP contribution >= 0.6 is 11.6 Å². The van der Waals surface area contributed by atoms with Crippen LogP contribution in [-0.2, 0) is 4.74 Å². The summed E-state index contributed by atoms with van der Waals surface area (Å²) in [4.78, 5) is 20.7. The van der Waals surface area contributed by atoms with Gasteiger partial charge >= 0.3 is 5.97 Å². The summed E-state index contributed by atoms with van der Waals surface area (Å²) in [6.07, 6.45) is 0. The first kappa shape index (κ1) is 17.7. The Morgan fingerprint density at radius 3 is 2.50 bits per heavy atom. The van der Waals surface area contributed by atoms with Gasteiger partial charge in [0.1, 0.15) is 5.82 Å². The highest BCUT2D eigenvalue weighted by Crippen LogP contribution is 2.23. The number of halogens is 1. The number of methoxy groups -OCH3 is 1. The molecule has 6 nitrogen and oxygen atoms in total. The molecule has 0 aliphatic heterocycles. The molecule has 0 atom stereocenters. The van der Waals surface area contributed by atoms with E-state index in [4.69, 9.17) is 16.3 Å². The van der Waals surface area contributed by atoms with Crippen LogP contribution in [0.25, 0.3) is 0 Å². The lowest BCUT2D eigenvalue weighted by atomic mass is 10.2. The minimum absolute atomic E-state index is 0.418. The second-order valence-corrected chi connectivity index (χ2v) is 5.95. The van der Waals surface area contributed by atoms with Crippen molar-refractivity contribution in [1.82, 2.24) is 9.97 Å². The molecule has 0 unspecified atom stereocenters. The minimum Gasteiger partial charge on any atom is -0.465 e. The molecule has 3 rings (SSSR count). The number of benzene rings is 2. The number of anilines is 4. The average Bonchev–Trinajstić information content (AvgIpc) is 2.63. The summed E-state index contributed by atoms with van der Waals surface area (Å²) in [7, 11) is 1.35. The van der Waals surface area contributed by atoms with E-state index in [1.54, 1.807) is 36.4 Å². The SMILES string of the molecule is COC(=O)c1ccccc1Nc1cc(C)nc(Nc2ccc(Cl)cc2)n1. The number of carbonyl (C=O) groups is 1. The van der Waals surface area contributed by atoms with E-state index in [2.05, 4.69) is 20.6 Å². The number of aryl methyl sites for hydroxylation is 1. The van der Waals surface area contributed by atoms with Crippen LogP contribution in [0.2, 0.25) is 5.02 Å². The number of esters is 1. The van der Waals surface area contributed by atoms with Gasteiger partial charge in [-0.2, -0.15) is 4.98 Å². The van der Waals surface area contributed by atoms with Crippen molar-refractivity contribution in [3.05, 3.63) is 70.9 Å². The fraction of sp³-hybridized carbons (Fsp3) is 0.105. The third-order valence-corrected chi connectivity index (χ3v) is 3.80. The van der Waals surface area contributed by atoms with Crippen LogP contribution in [-0.4, -0.2) is 23.0 Å². The highest BCUT2D eigenvalue weighted by Gasteiger charge is 2.12. The molecule has 1 aromatic heterocycles. The van der Waals surface area contributed by atoms with Crippen LogP contribution in [0.4, 0.5) is 23.1 Å². The molecule has 2 aromatic carbocycles. The van der Waals surface area contributed by atoms with Gasteiger partial charge in [-0.15, -0.1) is 0 Å². The van der Waals surface area contributed by atoms with E-state index in [-0.39, 0.29) is 0 Å². The maximum Gasteiger partial charge on any atom is 0.339 e. The Labute approximate surface area is 156 Å². The van der Waals surface area contributed by atoms with Crippen molar-refractivity contribution in [3.63, 3.8) is 0 Å². The van der Waals surface area contributed by atoms with Gasteiger partial charge in [-0.25, -0.2) is 9.78 Å². The highest BCUT2D eigenvalue weighted by atomic mass is 35.5. The topological polar surface area (TPSA) is 76.1 Å². The second-order valence-electron chi connectivity index (χ2n) is 5.51. The highest BCUT2D eigenvalue weighted by molar-refractivity contribution is 6.30. The summed E-state index contributed by atoms with van der Waals surface area (Å²) in [5, 5.41) is 6.94. The number of hydrogen-bond donors (Lipinski definition) is 2. The molecule has 2 N–H and O–H groups in total. The molecule has 3 aromatic rings. The van der Waals surface area contributed by atoms with Crippen molar-refractivity contribution >= 4 is 40.7 Å². The number of nitrogens with zero attached hydrogens (tertiary/aromatic N) is 2. The quantitative estimate of drug-likeness (QED) is 0.635. The fourth-order valence-corrected chi connectivity index (χ4v) is 2.49. The Hall–Kier alpha value is -3.12. The molecule has 0 saturated carbocycles. The number of para-hydroxylation sites is 1. The Balaban J connectivity index is 1.87. The van der Waals surface area contributed by atoms with Gasteiger partial charge in [-0.05, 0) is 43.3 Å². The molecule has 0 fully saturated rings. The van der Waals surface area contributed by atoms with E-state index in [9.17, 15) is 4.79 Å². The smallest absolute Gasteiger partial charge is 0.339 e. The molecule has 0 amide bonds. The normalized spacial score (nSPS) is 10.3. The predicted octanol–water partition coefficient (Wildman–Crippen LogP) is 4.71. The summed E-state index contributed by atoms with van der Waals surface area (Å²) >= 11 is 5.90. The van der Waals surface area contributed by atoms with Crippen molar-refractivity contribution in [3.8, 4) is 0 Å². The maximum absolute atomic E-state index is 11.9. The molecule has 0 radical (unpaired) electrons. The summed E-state index contributed by atoms with van der Waals surface area (Å²) < 4.78 is 4.82. The van der Waals surface area contributed by atoms with Crippen LogP contribution in [0.15, 0.2) is 54.6 Å². The number of ether oxygens (including phenoxy) is 1. The van der Waals surface area contributed by atoms with E-state index in [1.165, 1.54) is 7.11 Å². The monoisotopic (exact) mass is 368 g/mol. The first-order valence-electron chi connectivity index (χ1n) is 7.88. The molecule has 7 heteroatoms. The average molecular weight is 369 g/mol. The van der Waals surface area contributed by atoms with Crippen molar-refractivity contribution in [1.29, 1.82) is 0 Å². The van der Waals surface area contributed by atoms with Crippen LogP contribution in [0, 0.1) is 6.92 Å². The molecule has 0 aliphatic carbocycles. The Bertz CT molecular complexity index is 929. The third kappa shape index (κ3) is 4.29. The standard InChI is InChI=1S/C19H17ClN4O2/c1-12-11-17(23-16-6-4-3-5-15(16)18(25)26-2)24-19(21-12)22-14-9-7-13(20)8-10-14/h3-11H,1-2H3,(H2,21,22,23,24). The first-order valence-corrected chi connectivity index (χ1v) is 8.25. The Morgan fingerprint density at radius 1 is 1.04 bits per heavy atom. The summed E-state index contributed by atoms with van der Waals surface area (Å²) in [6.45, 7) is 1.87. The van der Waals surface area contributed by atoms with Crippen molar-refractivity contribution in [2.75, 3.05) is 17.7 Å². The zero-order chi connectivity index (χ0) is 18.5. The van der Waals surface area contributed by atoms with E-state index >= 15 is 0 Å². The molecule has 132 valence electrons. The van der Waals surface area contributed by atoms with Gasteiger partial charge in [-0.3, -0.25) is 0 Å². The third-order valence-electron chi connectivity index (χ3n) is 3.55. The van der Waals surface area contributed by atoms with Gasteiger partial charge in [0, 0.05) is 22.5 Å².